The molecule has 0 saturated carbocycles. The predicted octanol–water partition coefficient (Wildman–Crippen LogP) is 4.00. The minimum Gasteiger partial charge on any atom is -0.496 e. The average Bonchev–Trinajstić information content (AvgIpc) is 2.80. The Morgan fingerprint density at radius 1 is 1.06 bits per heavy atom. The van der Waals surface area contributed by atoms with Gasteiger partial charge in [-0.05, 0) is 55.7 Å². The Bertz CT molecular complexity index is 1350. The number of benzene rings is 2. The van der Waals surface area contributed by atoms with Crippen LogP contribution in [0.25, 0.3) is 27.8 Å². The van der Waals surface area contributed by atoms with Crippen LogP contribution in [0.3, 0.4) is 0 Å². The highest BCUT2D eigenvalue weighted by Crippen LogP contribution is 2.31. The summed E-state index contributed by atoms with van der Waals surface area (Å²) in [6.07, 6.45) is 4.92. The maximum Gasteiger partial charge on any atom is 0.282 e. The van der Waals surface area contributed by atoms with E-state index in [4.69, 9.17) is 9.47 Å². The summed E-state index contributed by atoms with van der Waals surface area (Å²) in [7, 11) is 3.31. The lowest BCUT2D eigenvalue weighted by Gasteiger charge is -2.26. The van der Waals surface area contributed by atoms with Crippen LogP contribution in [0.1, 0.15) is 19.4 Å². The van der Waals surface area contributed by atoms with Gasteiger partial charge in [-0.1, -0.05) is 18.2 Å². The quantitative estimate of drug-likeness (QED) is 0.460. The van der Waals surface area contributed by atoms with Gasteiger partial charge in [0.25, 0.3) is 11.5 Å². The molecule has 0 radical (unpaired) electrons. The Balaban J connectivity index is 1.67. The summed E-state index contributed by atoms with van der Waals surface area (Å²) in [5.41, 5.74) is 3.24. The van der Waals surface area contributed by atoms with Crippen LogP contribution in [0, 0.1) is 6.92 Å². The van der Waals surface area contributed by atoms with E-state index >= 15 is 0 Å². The van der Waals surface area contributed by atoms with E-state index in [1.54, 1.807) is 32.8 Å². The SMILES string of the molecule is COCC(C)(C)Nc1cnc(-n2ncc3cc(-c4cccc(OC)c4C)ccc3c2=O)nc1. The first-order chi connectivity index (χ1) is 15.8. The molecule has 0 spiro atoms. The minimum absolute atomic E-state index is 0.213. The Labute approximate surface area is 192 Å². The molecule has 8 heteroatoms. The monoisotopic (exact) mass is 445 g/mol. The van der Waals surface area contributed by atoms with Gasteiger partial charge in [0.1, 0.15) is 5.75 Å². The van der Waals surface area contributed by atoms with Crippen molar-refractivity contribution in [1.29, 1.82) is 0 Å². The van der Waals surface area contributed by atoms with Gasteiger partial charge in [-0.25, -0.2) is 9.97 Å². The third-order valence-corrected chi connectivity index (χ3v) is 5.42. The molecule has 0 fully saturated rings. The summed E-state index contributed by atoms with van der Waals surface area (Å²) in [5.74, 6) is 1.03. The molecule has 33 heavy (non-hydrogen) atoms. The van der Waals surface area contributed by atoms with Crippen LogP contribution in [-0.4, -0.2) is 46.1 Å². The fraction of sp³-hybridized carbons (Fsp3) is 0.280. The van der Waals surface area contributed by atoms with Crippen molar-refractivity contribution in [1.82, 2.24) is 19.7 Å². The first-order valence-corrected chi connectivity index (χ1v) is 10.6. The third kappa shape index (κ3) is 4.56. The molecule has 170 valence electrons. The summed E-state index contributed by atoms with van der Waals surface area (Å²) < 4.78 is 11.9. The first kappa shape index (κ1) is 22.4. The van der Waals surface area contributed by atoms with E-state index in [9.17, 15) is 4.79 Å². The van der Waals surface area contributed by atoms with Crippen molar-refractivity contribution in [2.45, 2.75) is 26.3 Å². The molecule has 0 atom stereocenters. The van der Waals surface area contributed by atoms with E-state index in [0.717, 1.165) is 33.5 Å². The van der Waals surface area contributed by atoms with Crippen molar-refractivity contribution in [3.63, 3.8) is 0 Å². The van der Waals surface area contributed by atoms with Crippen LogP contribution in [0.4, 0.5) is 5.69 Å². The second-order valence-corrected chi connectivity index (χ2v) is 8.51. The van der Waals surface area contributed by atoms with Crippen LogP contribution >= 0.6 is 0 Å². The zero-order chi connectivity index (χ0) is 23.6. The highest BCUT2D eigenvalue weighted by Gasteiger charge is 2.18. The highest BCUT2D eigenvalue weighted by molar-refractivity contribution is 5.87. The van der Waals surface area contributed by atoms with Crippen LogP contribution in [0.15, 0.2) is 59.8 Å². The van der Waals surface area contributed by atoms with Gasteiger partial charge >= 0.3 is 0 Å². The zero-order valence-corrected chi connectivity index (χ0v) is 19.4. The molecule has 2 aromatic carbocycles. The molecular weight excluding hydrogens is 418 g/mol. The van der Waals surface area contributed by atoms with E-state index < -0.39 is 0 Å². The fourth-order valence-corrected chi connectivity index (χ4v) is 3.89. The second-order valence-electron chi connectivity index (χ2n) is 8.51. The molecule has 2 heterocycles. The molecule has 2 aromatic heterocycles. The van der Waals surface area contributed by atoms with Crippen molar-refractivity contribution < 1.29 is 9.47 Å². The first-order valence-electron chi connectivity index (χ1n) is 10.6. The van der Waals surface area contributed by atoms with Crippen molar-refractivity contribution in [3.8, 4) is 22.8 Å². The molecule has 4 rings (SSSR count). The Morgan fingerprint density at radius 3 is 2.52 bits per heavy atom. The Kier molecular flexibility index (Phi) is 6.11. The van der Waals surface area contributed by atoms with Gasteiger partial charge in [-0.15, -0.1) is 0 Å². The molecule has 0 saturated heterocycles. The lowest BCUT2D eigenvalue weighted by atomic mass is 9.98. The largest absolute Gasteiger partial charge is 0.496 e. The smallest absolute Gasteiger partial charge is 0.282 e. The maximum absolute atomic E-state index is 13.1. The molecular formula is C25H27N5O3. The minimum atomic E-state index is -0.281. The molecule has 0 amide bonds. The molecule has 0 aliphatic carbocycles. The number of anilines is 1. The van der Waals surface area contributed by atoms with Gasteiger partial charge in [-0.2, -0.15) is 9.78 Å². The zero-order valence-electron chi connectivity index (χ0n) is 19.4. The highest BCUT2D eigenvalue weighted by atomic mass is 16.5. The lowest BCUT2D eigenvalue weighted by molar-refractivity contribution is 0.158. The summed E-state index contributed by atoms with van der Waals surface area (Å²) in [6.45, 7) is 6.57. The van der Waals surface area contributed by atoms with Gasteiger partial charge in [-0.3, -0.25) is 4.79 Å². The van der Waals surface area contributed by atoms with E-state index in [1.807, 2.05) is 57.2 Å². The normalized spacial score (nSPS) is 11.5. The van der Waals surface area contributed by atoms with Gasteiger partial charge in [0.15, 0.2) is 0 Å². The number of ether oxygens (including phenoxy) is 2. The van der Waals surface area contributed by atoms with Crippen LogP contribution in [-0.2, 0) is 4.74 Å². The number of aromatic nitrogens is 4. The summed E-state index contributed by atoms with van der Waals surface area (Å²) >= 11 is 0. The second kappa shape index (κ2) is 8.99. The van der Waals surface area contributed by atoms with E-state index in [1.165, 1.54) is 4.68 Å². The summed E-state index contributed by atoms with van der Waals surface area (Å²) in [6, 6.07) is 11.6. The number of nitrogens with one attached hydrogen (secondary N) is 1. The number of fused-ring (bicyclic) bond motifs is 1. The average molecular weight is 446 g/mol. The van der Waals surface area contributed by atoms with E-state index in [0.29, 0.717) is 12.0 Å². The molecule has 0 aliphatic rings. The van der Waals surface area contributed by atoms with Crippen LogP contribution in [0.5, 0.6) is 5.75 Å². The number of methoxy groups -OCH3 is 2. The van der Waals surface area contributed by atoms with Gasteiger partial charge < -0.3 is 14.8 Å². The molecule has 0 aliphatic heterocycles. The van der Waals surface area contributed by atoms with Crippen molar-refractivity contribution in [3.05, 3.63) is 70.9 Å². The van der Waals surface area contributed by atoms with Gasteiger partial charge in [0, 0.05) is 12.5 Å². The molecule has 0 bridgehead atoms. The van der Waals surface area contributed by atoms with E-state index in [-0.39, 0.29) is 17.0 Å². The van der Waals surface area contributed by atoms with Crippen molar-refractivity contribution >= 4 is 16.5 Å². The summed E-state index contributed by atoms with van der Waals surface area (Å²) in [4.78, 5) is 21.8. The number of rotatable bonds is 7. The third-order valence-electron chi connectivity index (χ3n) is 5.42. The van der Waals surface area contributed by atoms with Crippen molar-refractivity contribution in [2.75, 3.05) is 26.1 Å². The Morgan fingerprint density at radius 2 is 1.82 bits per heavy atom. The van der Waals surface area contributed by atoms with Gasteiger partial charge in [0.2, 0.25) is 0 Å². The van der Waals surface area contributed by atoms with Crippen LogP contribution in [0.2, 0.25) is 0 Å². The van der Waals surface area contributed by atoms with Crippen LogP contribution < -0.4 is 15.6 Å². The summed E-state index contributed by atoms with van der Waals surface area (Å²) in [5, 5.41) is 8.91. The molecule has 4 aromatic rings. The maximum atomic E-state index is 13.1. The molecule has 0 unspecified atom stereocenters. The van der Waals surface area contributed by atoms with Crippen molar-refractivity contribution in [2.24, 2.45) is 0 Å². The number of nitrogens with zero attached hydrogens (tertiary/aromatic N) is 4. The molecule has 8 nitrogen and oxygen atoms in total. The Hall–Kier alpha value is -3.78. The van der Waals surface area contributed by atoms with Gasteiger partial charge in [0.05, 0.1) is 48.9 Å². The number of hydrogen-bond acceptors (Lipinski definition) is 7. The lowest BCUT2D eigenvalue weighted by Crippen LogP contribution is -2.36. The predicted molar refractivity (Wildman–Crippen MR) is 129 cm³/mol. The standard InChI is InChI=1S/C25H27N5O3/c1-16-20(7-6-8-22(16)33-5)17-9-10-21-18(11-17)12-28-30(23(21)31)24-26-13-19(14-27-24)29-25(2,3)15-32-4/h6-14,29H,15H2,1-5H3. The number of hydrogen-bond donors (Lipinski definition) is 1. The van der Waals surface area contributed by atoms with E-state index in [2.05, 4.69) is 20.4 Å². The fourth-order valence-electron chi connectivity index (χ4n) is 3.89. The topological polar surface area (TPSA) is 91.2 Å². The molecule has 1 N–H and O–H groups in total.